The number of nitrogens with one attached hydrogen (secondary N) is 1. The maximum Gasteiger partial charge on any atom is 0.320 e. The van der Waals surface area contributed by atoms with E-state index in [4.69, 9.17) is 21.4 Å². The average molecular weight is 242 g/mol. The van der Waals surface area contributed by atoms with E-state index < -0.39 is 12.0 Å². The third-order valence-electron chi connectivity index (χ3n) is 2.52. The zero-order chi connectivity index (χ0) is 11.5. The molecule has 1 aromatic rings. The highest BCUT2D eigenvalue weighted by atomic mass is 35.5. The van der Waals surface area contributed by atoms with Gasteiger partial charge in [0.1, 0.15) is 17.9 Å². The molecule has 1 aliphatic heterocycles. The zero-order valence-electron chi connectivity index (χ0n) is 8.52. The Bertz CT molecular complexity index is 397. The second-order valence-electron chi connectivity index (χ2n) is 3.71. The van der Waals surface area contributed by atoms with Gasteiger partial charge in [0, 0.05) is 13.0 Å². The lowest BCUT2D eigenvalue weighted by atomic mass is 10.2. The minimum Gasteiger partial charge on any atom is -0.487 e. The number of carboxylic acids is 1. The van der Waals surface area contributed by atoms with Crippen molar-refractivity contribution in [3.05, 3.63) is 29.3 Å². The first-order valence-electron chi connectivity index (χ1n) is 5.04. The van der Waals surface area contributed by atoms with E-state index in [1.54, 1.807) is 12.1 Å². The molecule has 1 saturated heterocycles. The van der Waals surface area contributed by atoms with Gasteiger partial charge in [0.2, 0.25) is 0 Å². The fraction of sp³-hybridized carbons (Fsp3) is 0.364. The minimum absolute atomic E-state index is 0.138. The van der Waals surface area contributed by atoms with Gasteiger partial charge in [-0.3, -0.25) is 4.79 Å². The summed E-state index contributed by atoms with van der Waals surface area (Å²) in [4.78, 5) is 10.7. The van der Waals surface area contributed by atoms with E-state index in [2.05, 4.69) is 5.32 Å². The maximum atomic E-state index is 10.7. The topological polar surface area (TPSA) is 58.6 Å². The number of para-hydroxylation sites is 1. The lowest BCUT2D eigenvalue weighted by Gasteiger charge is -2.13. The molecule has 1 aromatic carbocycles. The number of halogens is 1. The van der Waals surface area contributed by atoms with E-state index in [1.165, 1.54) is 0 Å². The van der Waals surface area contributed by atoms with Crippen molar-refractivity contribution >= 4 is 17.6 Å². The second-order valence-corrected chi connectivity index (χ2v) is 4.11. The molecule has 0 aliphatic carbocycles. The van der Waals surface area contributed by atoms with Gasteiger partial charge in [0.05, 0.1) is 5.02 Å². The molecule has 1 aliphatic rings. The number of hydrogen-bond acceptors (Lipinski definition) is 3. The van der Waals surface area contributed by atoms with Crippen LogP contribution in [-0.2, 0) is 4.79 Å². The van der Waals surface area contributed by atoms with Crippen LogP contribution < -0.4 is 10.1 Å². The summed E-state index contributed by atoms with van der Waals surface area (Å²) in [6.45, 7) is 0.530. The Morgan fingerprint density at radius 2 is 2.25 bits per heavy atom. The van der Waals surface area contributed by atoms with E-state index >= 15 is 0 Å². The first-order chi connectivity index (χ1) is 7.66. The number of hydrogen-bond donors (Lipinski definition) is 2. The Hall–Kier alpha value is -1.26. The summed E-state index contributed by atoms with van der Waals surface area (Å²) in [5, 5.41) is 12.2. The van der Waals surface area contributed by atoms with Gasteiger partial charge in [0.15, 0.2) is 0 Å². The molecule has 4 nitrogen and oxygen atoms in total. The quantitative estimate of drug-likeness (QED) is 0.843. The predicted molar refractivity (Wildman–Crippen MR) is 59.9 cm³/mol. The molecule has 0 aromatic heterocycles. The van der Waals surface area contributed by atoms with Gasteiger partial charge < -0.3 is 15.2 Å². The highest BCUT2D eigenvalue weighted by Crippen LogP contribution is 2.26. The van der Waals surface area contributed by atoms with Crippen LogP contribution in [0.15, 0.2) is 24.3 Å². The number of benzene rings is 1. The highest BCUT2D eigenvalue weighted by molar-refractivity contribution is 6.32. The van der Waals surface area contributed by atoms with Crippen LogP contribution in [-0.4, -0.2) is 29.8 Å². The van der Waals surface area contributed by atoms with E-state index in [9.17, 15) is 4.79 Å². The van der Waals surface area contributed by atoms with Crippen LogP contribution in [0.5, 0.6) is 5.75 Å². The molecular weight excluding hydrogens is 230 g/mol. The van der Waals surface area contributed by atoms with Gasteiger partial charge in [-0.25, -0.2) is 0 Å². The molecular formula is C11H12ClNO3. The molecule has 2 N–H and O–H groups in total. The van der Waals surface area contributed by atoms with Crippen molar-refractivity contribution in [3.8, 4) is 5.75 Å². The Morgan fingerprint density at radius 3 is 2.88 bits per heavy atom. The highest BCUT2D eigenvalue weighted by Gasteiger charge is 2.30. The first kappa shape index (κ1) is 11.2. The summed E-state index contributed by atoms with van der Waals surface area (Å²) in [6, 6.07) is 6.65. The lowest BCUT2D eigenvalue weighted by Crippen LogP contribution is -2.30. The van der Waals surface area contributed by atoms with Crippen molar-refractivity contribution in [3.63, 3.8) is 0 Å². The Kier molecular flexibility index (Phi) is 3.31. The molecule has 0 saturated carbocycles. The van der Waals surface area contributed by atoms with Crippen LogP contribution in [0.3, 0.4) is 0 Å². The van der Waals surface area contributed by atoms with Crippen LogP contribution in [0.1, 0.15) is 6.42 Å². The minimum atomic E-state index is -0.842. The molecule has 5 heteroatoms. The third-order valence-corrected chi connectivity index (χ3v) is 2.83. The van der Waals surface area contributed by atoms with Crippen LogP contribution in [0.25, 0.3) is 0 Å². The molecule has 0 amide bonds. The number of carbonyl (C=O) groups is 1. The van der Waals surface area contributed by atoms with Crippen LogP contribution >= 0.6 is 11.6 Å². The molecule has 0 spiro atoms. The lowest BCUT2D eigenvalue weighted by molar-refractivity contribution is -0.139. The van der Waals surface area contributed by atoms with Crippen molar-refractivity contribution in [2.24, 2.45) is 0 Å². The van der Waals surface area contributed by atoms with Crippen molar-refractivity contribution in [1.29, 1.82) is 0 Å². The Balaban J connectivity index is 1.97. The summed E-state index contributed by atoms with van der Waals surface area (Å²) in [7, 11) is 0. The van der Waals surface area contributed by atoms with Crippen LogP contribution in [0, 0.1) is 0 Å². The molecule has 1 heterocycles. The normalized spacial score (nSPS) is 24.3. The van der Waals surface area contributed by atoms with Crippen LogP contribution in [0.4, 0.5) is 0 Å². The number of rotatable bonds is 3. The fourth-order valence-corrected chi connectivity index (χ4v) is 1.88. The van der Waals surface area contributed by atoms with E-state index in [0.29, 0.717) is 23.7 Å². The van der Waals surface area contributed by atoms with Gasteiger partial charge in [-0.2, -0.15) is 0 Å². The predicted octanol–water partition coefficient (Wildman–Crippen LogP) is 1.53. The molecule has 86 valence electrons. The summed E-state index contributed by atoms with van der Waals surface area (Å²) in [5.74, 6) is -0.243. The van der Waals surface area contributed by atoms with Gasteiger partial charge in [0.25, 0.3) is 0 Å². The summed E-state index contributed by atoms with van der Waals surface area (Å²) in [6.07, 6.45) is 0.321. The number of ether oxygens (including phenoxy) is 1. The number of aliphatic carboxylic acids is 1. The third kappa shape index (κ3) is 2.46. The Morgan fingerprint density at radius 1 is 1.50 bits per heavy atom. The Labute approximate surface area is 98.2 Å². The average Bonchev–Trinajstić information content (AvgIpc) is 2.70. The van der Waals surface area contributed by atoms with Gasteiger partial charge >= 0.3 is 5.97 Å². The molecule has 2 atom stereocenters. The second kappa shape index (κ2) is 4.72. The van der Waals surface area contributed by atoms with E-state index in [0.717, 1.165) is 0 Å². The monoisotopic (exact) mass is 241 g/mol. The van der Waals surface area contributed by atoms with Crippen LogP contribution in [0.2, 0.25) is 5.02 Å². The standard InChI is InChI=1S/C11H12ClNO3/c12-8-3-1-2-4-10(8)16-7-5-9(11(14)15)13-6-7/h1-4,7,9,13H,5-6H2,(H,14,15). The fourth-order valence-electron chi connectivity index (χ4n) is 1.70. The molecule has 0 radical (unpaired) electrons. The first-order valence-corrected chi connectivity index (χ1v) is 5.42. The van der Waals surface area contributed by atoms with Crippen molar-refractivity contribution in [2.45, 2.75) is 18.6 Å². The smallest absolute Gasteiger partial charge is 0.320 e. The van der Waals surface area contributed by atoms with Crippen molar-refractivity contribution in [2.75, 3.05) is 6.54 Å². The largest absolute Gasteiger partial charge is 0.487 e. The van der Waals surface area contributed by atoms with Crippen molar-refractivity contribution in [1.82, 2.24) is 5.32 Å². The van der Waals surface area contributed by atoms with E-state index in [-0.39, 0.29) is 6.10 Å². The summed E-state index contributed by atoms with van der Waals surface area (Å²) >= 11 is 5.94. The van der Waals surface area contributed by atoms with Gasteiger partial charge in [-0.15, -0.1) is 0 Å². The zero-order valence-corrected chi connectivity index (χ0v) is 9.28. The number of carboxylic acid groups (broad SMARTS) is 1. The van der Waals surface area contributed by atoms with Gasteiger partial charge in [-0.1, -0.05) is 23.7 Å². The van der Waals surface area contributed by atoms with Gasteiger partial charge in [-0.05, 0) is 12.1 Å². The SMILES string of the molecule is O=C(O)C1CC(Oc2ccccc2Cl)CN1. The molecule has 16 heavy (non-hydrogen) atoms. The van der Waals surface area contributed by atoms with Crippen molar-refractivity contribution < 1.29 is 14.6 Å². The maximum absolute atomic E-state index is 10.7. The molecule has 1 fully saturated rings. The summed E-state index contributed by atoms with van der Waals surface area (Å²) < 4.78 is 5.63. The van der Waals surface area contributed by atoms with E-state index in [1.807, 2.05) is 12.1 Å². The molecule has 2 rings (SSSR count). The molecule has 2 unspecified atom stereocenters. The summed E-state index contributed by atoms with van der Waals surface area (Å²) in [5.41, 5.74) is 0. The molecule has 0 bridgehead atoms.